The molecule has 0 aliphatic heterocycles. The summed E-state index contributed by atoms with van der Waals surface area (Å²) >= 11 is 0. The number of rotatable bonds is 1. The second-order valence-electron chi connectivity index (χ2n) is 6.20. The van der Waals surface area contributed by atoms with Crippen LogP contribution < -0.4 is 0 Å². The van der Waals surface area contributed by atoms with Crippen LogP contribution in [0.2, 0.25) is 0 Å². The molecule has 0 atom stereocenters. The van der Waals surface area contributed by atoms with Gasteiger partial charge >= 0.3 is 0 Å². The van der Waals surface area contributed by atoms with Crippen LogP contribution in [0.4, 0.5) is 0 Å². The van der Waals surface area contributed by atoms with Crippen LogP contribution in [0, 0.1) is 35.7 Å². The van der Waals surface area contributed by atoms with Gasteiger partial charge < -0.3 is 0 Å². The molecule has 5 rings (SSSR count). The summed E-state index contributed by atoms with van der Waals surface area (Å²) in [4.78, 5) is 0. The lowest BCUT2D eigenvalue weighted by molar-refractivity contribution is -0.0195. The Labute approximate surface area is 92.4 Å². The van der Waals surface area contributed by atoms with Crippen LogP contribution in [0.3, 0.4) is 0 Å². The van der Waals surface area contributed by atoms with Gasteiger partial charge in [-0.3, -0.25) is 0 Å². The van der Waals surface area contributed by atoms with Gasteiger partial charge in [-0.25, -0.2) is 0 Å². The van der Waals surface area contributed by atoms with Crippen molar-refractivity contribution in [3.63, 3.8) is 0 Å². The molecule has 0 saturated heterocycles. The van der Waals surface area contributed by atoms with E-state index in [1.54, 1.807) is 12.0 Å². The van der Waals surface area contributed by atoms with Crippen molar-refractivity contribution in [1.82, 2.24) is 0 Å². The first kappa shape index (κ1) is 8.61. The summed E-state index contributed by atoms with van der Waals surface area (Å²) < 4.78 is 0. The number of allylic oxidation sites excluding steroid dienone is 4. The minimum absolute atomic E-state index is 0.913. The first-order valence-corrected chi connectivity index (χ1v) is 6.67. The van der Waals surface area contributed by atoms with Gasteiger partial charge in [-0.2, -0.15) is 0 Å². The molecule has 4 fully saturated rings. The second-order valence-corrected chi connectivity index (χ2v) is 6.20. The molecule has 79 valence electrons. The van der Waals surface area contributed by atoms with E-state index >= 15 is 0 Å². The maximum Gasteiger partial charge on any atom is -0.00884 e. The lowest BCUT2D eigenvalue weighted by Gasteiger charge is -2.54. The molecular weight excluding hydrogens is 180 g/mol. The average molecular weight is 199 g/mol. The molecule has 4 bridgehead atoms. The van der Waals surface area contributed by atoms with Crippen molar-refractivity contribution in [2.45, 2.75) is 38.5 Å². The third kappa shape index (κ3) is 1.20. The fraction of sp³-hybridized carbons (Fsp3) is 0.733. The minimum atomic E-state index is 0.913. The Balaban J connectivity index is 1.67. The van der Waals surface area contributed by atoms with Crippen molar-refractivity contribution in [2.75, 3.05) is 0 Å². The Kier molecular flexibility index (Phi) is 1.72. The van der Waals surface area contributed by atoms with Crippen molar-refractivity contribution in [1.29, 1.82) is 0 Å². The number of hydrogen-bond donors (Lipinski definition) is 0. The topological polar surface area (TPSA) is 0 Å². The van der Waals surface area contributed by atoms with Crippen molar-refractivity contribution in [2.24, 2.45) is 29.6 Å². The zero-order valence-corrected chi connectivity index (χ0v) is 9.28. The Morgan fingerprint density at radius 2 is 1.60 bits per heavy atom. The van der Waals surface area contributed by atoms with Crippen LogP contribution in [0.25, 0.3) is 0 Å². The molecule has 0 aromatic rings. The quantitative estimate of drug-likeness (QED) is 0.603. The van der Waals surface area contributed by atoms with Crippen molar-refractivity contribution in [3.05, 3.63) is 23.8 Å². The predicted molar refractivity (Wildman–Crippen MR) is 61.0 cm³/mol. The molecular formula is C15H19. The van der Waals surface area contributed by atoms with Gasteiger partial charge in [0.05, 0.1) is 0 Å². The summed E-state index contributed by atoms with van der Waals surface area (Å²) in [6, 6.07) is 0. The molecule has 0 nitrogen and oxygen atoms in total. The van der Waals surface area contributed by atoms with Crippen molar-refractivity contribution in [3.8, 4) is 0 Å². The SMILES string of the molecule is [C]1=C(C2C3CC4CC(C3)CC2C4)C=CC1. The highest BCUT2D eigenvalue weighted by molar-refractivity contribution is 5.28. The summed E-state index contributed by atoms with van der Waals surface area (Å²) in [5.74, 6) is 5.19. The van der Waals surface area contributed by atoms with E-state index in [2.05, 4.69) is 18.2 Å². The fourth-order valence-electron chi connectivity index (χ4n) is 5.08. The molecule has 0 heteroatoms. The number of hydrogen-bond acceptors (Lipinski definition) is 0. The summed E-state index contributed by atoms with van der Waals surface area (Å²) in [6.45, 7) is 0. The van der Waals surface area contributed by atoms with Crippen molar-refractivity contribution < 1.29 is 0 Å². The van der Waals surface area contributed by atoms with Crippen LogP contribution in [-0.4, -0.2) is 0 Å². The van der Waals surface area contributed by atoms with E-state index in [0.29, 0.717) is 0 Å². The molecule has 0 aromatic carbocycles. The van der Waals surface area contributed by atoms with Gasteiger partial charge in [0.1, 0.15) is 0 Å². The largest absolute Gasteiger partial charge is 0.0798 e. The van der Waals surface area contributed by atoms with Crippen LogP contribution >= 0.6 is 0 Å². The molecule has 5 aliphatic carbocycles. The van der Waals surface area contributed by atoms with Crippen LogP contribution in [-0.2, 0) is 0 Å². The summed E-state index contributed by atoms with van der Waals surface area (Å²) in [6.07, 6.45) is 17.1. The Bertz CT molecular complexity index is 306. The second kappa shape index (κ2) is 2.99. The molecule has 0 heterocycles. The van der Waals surface area contributed by atoms with E-state index in [1.165, 1.54) is 25.7 Å². The lowest BCUT2D eigenvalue weighted by atomic mass is 9.50. The van der Waals surface area contributed by atoms with E-state index in [0.717, 1.165) is 36.0 Å². The monoisotopic (exact) mass is 199 g/mol. The Morgan fingerprint density at radius 1 is 0.933 bits per heavy atom. The summed E-state index contributed by atoms with van der Waals surface area (Å²) in [5.41, 5.74) is 1.59. The van der Waals surface area contributed by atoms with Gasteiger partial charge in [0.15, 0.2) is 0 Å². The van der Waals surface area contributed by atoms with Gasteiger partial charge in [0.25, 0.3) is 0 Å². The van der Waals surface area contributed by atoms with Crippen LogP contribution in [0.1, 0.15) is 38.5 Å². The summed E-state index contributed by atoms with van der Waals surface area (Å²) in [7, 11) is 0. The van der Waals surface area contributed by atoms with Gasteiger partial charge in [-0.1, -0.05) is 12.2 Å². The summed E-state index contributed by atoms with van der Waals surface area (Å²) in [5, 5.41) is 0. The van der Waals surface area contributed by atoms with E-state index in [4.69, 9.17) is 0 Å². The first-order valence-electron chi connectivity index (χ1n) is 6.67. The zero-order valence-electron chi connectivity index (χ0n) is 9.28. The molecule has 0 amide bonds. The zero-order chi connectivity index (χ0) is 9.83. The average Bonchev–Trinajstić information content (AvgIpc) is 2.69. The first-order chi connectivity index (χ1) is 7.40. The fourth-order valence-corrected chi connectivity index (χ4v) is 5.08. The lowest BCUT2D eigenvalue weighted by Crippen LogP contribution is -2.45. The smallest absolute Gasteiger partial charge is 0.00884 e. The highest BCUT2D eigenvalue weighted by Crippen LogP contribution is 2.58. The van der Waals surface area contributed by atoms with E-state index in [1.807, 2.05) is 0 Å². The van der Waals surface area contributed by atoms with Gasteiger partial charge in [0, 0.05) is 0 Å². The van der Waals surface area contributed by atoms with Gasteiger partial charge in [-0.05, 0) is 79.8 Å². The Morgan fingerprint density at radius 3 is 2.13 bits per heavy atom. The minimum Gasteiger partial charge on any atom is -0.0798 e. The maximum absolute atomic E-state index is 3.59. The normalized spacial score (nSPS) is 51.2. The van der Waals surface area contributed by atoms with Crippen molar-refractivity contribution >= 4 is 0 Å². The molecule has 1 radical (unpaired) electrons. The molecule has 0 aromatic heterocycles. The molecule has 0 N–H and O–H groups in total. The predicted octanol–water partition coefficient (Wildman–Crippen LogP) is 3.75. The molecule has 4 saturated carbocycles. The highest BCUT2D eigenvalue weighted by Gasteiger charge is 2.48. The van der Waals surface area contributed by atoms with Crippen LogP contribution in [0.15, 0.2) is 17.7 Å². The molecule has 0 spiro atoms. The van der Waals surface area contributed by atoms with E-state index in [-0.39, 0.29) is 0 Å². The Hall–Kier alpha value is -0.520. The van der Waals surface area contributed by atoms with E-state index < -0.39 is 0 Å². The molecule has 15 heavy (non-hydrogen) atoms. The standard InChI is InChI=1S/C15H19/c1-2-4-12(3-1)15-13-6-10-5-11(8-13)9-14(15)7-10/h1,3,10-11,13-15H,2,5-9H2. The molecule has 0 unspecified atom stereocenters. The highest BCUT2D eigenvalue weighted by atomic mass is 14.5. The molecule has 5 aliphatic rings. The van der Waals surface area contributed by atoms with Crippen LogP contribution in [0.5, 0.6) is 0 Å². The third-order valence-electron chi connectivity index (χ3n) is 5.31. The third-order valence-corrected chi connectivity index (χ3v) is 5.31. The van der Waals surface area contributed by atoms with E-state index in [9.17, 15) is 0 Å². The van der Waals surface area contributed by atoms with Gasteiger partial charge in [0.2, 0.25) is 0 Å². The maximum atomic E-state index is 3.59. The van der Waals surface area contributed by atoms with Gasteiger partial charge in [-0.15, -0.1) is 0 Å².